The molecule has 0 aliphatic heterocycles. The summed E-state index contributed by atoms with van der Waals surface area (Å²) in [6.45, 7) is 6.64. The molecule has 2 heteroatoms. The molecule has 1 aliphatic carbocycles. The predicted molar refractivity (Wildman–Crippen MR) is 94.1 cm³/mol. The molecule has 0 N–H and O–H groups in total. The van der Waals surface area contributed by atoms with Gasteiger partial charge in [0, 0.05) is 5.56 Å². The Balaban J connectivity index is 2.25. The van der Waals surface area contributed by atoms with Gasteiger partial charge in [0.1, 0.15) is 7.11 Å². The zero-order chi connectivity index (χ0) is 15.7. The normalized spacial score (nSPS) is 15.5. The lowest BCUT2D eigenvalue weighted by Gasteiger charge is -2.12. The molecule has 0 heterocycles. The van der Waals surface area contributed by atoms with Gasteiger partial charge < -0.3 is 4.84 Å². The smallest absolute Gasteiger partial charge is 0.106 e. The monoisotopic (exact) mass is 291 g/mol. The number of hydrogen-bond acceptors (Lipinski definition) is 2. The summed E-state index contributed by atoms with van der Waals surface area (Å²) in [4.78, 5) is 4.92. The van der Waals surface area contributed by atoms with Gasteiger partial charge in [-0.3, -0.25) is 0 Å². The average molecular weight is 291 g/mol. The molecule has 2 nitrogen and oxygen atoms in total. The summed E-state index contributed by atoms with van der Waals surface area (Å²) in [6.07, 6.45) is 2.85. The van der Waals surface area contributed by atoms with E-state index >= 15 is 0 Å². The molecule has 0 unspecified atom stereocenters. The minimum Gasteiger partial charge on any atom is -0.399 e. The predicted octanol–water partition coefficient (Wildman–Crippen LogP) is 5.33. The Morgan fingerprint density at radius 2 is 1.77 bits per heavy atom. The molecule has 0 radical (unpaired) electrons. The van der Waals surface area contributed by atoms with Gasteiger partial charge in [-0.25, -0.2) is 0 Å². The summed E-state index contributed by atoms with van der Waals surface area (Å²) >= 11 is 0. The quantitative estimate of drug-likeness (QED) is 0.553. The van der Waals surface area contributed by atoms with E-state index < -0.39 is 0 Å². The molecule has 2 aromatic carbocycles. The first-order chi connectivity index (χ1) is 10.6. The third kappa shape index (κ3) is 2.35. The highest BCUT2D eigenvalue weighted by Crippen LogP contribution is 2.40. The Bertz CT molecular complexity index is 825. The molecule has 22 heavy (non-hydrogen) atoms. The van der Waals surface area contributed by atoms with Gasteiger partial charge in [0.05, 0.1) is 6.21 Å². The molecular formula is C20H21NO. The van der Waals surface area contributed by atoms with Gasteiger partial charge >= 0.3 is 0 Å². The highest BCUT2D eigenvalue weighted by molar-refractivity contribution is 6.05. The van der Waals surface area contributed by atoms with Crippen molar-refractivity contribution in [1.29, 1.82) is 0 Å². The van der Waals surface area contributed by atoms with E-state index in [4.69, 9.17) is 4.84 Å². The van der Waals surface area contributed by atoms with E-state index in [0.717, 1.165) is 12.0 Å². The van der Waals surface area contributed by atoms with Gasteiger partial charge in [0.15, 0.2) is 0 Å². The summed E-state index contributed by atoms with van der Waals surface area (Å²) < 4.78 is 0. The van der Waals surface area contributed by atoms with Gasteiger partial charge in [-0.05, 0) is 60.2 Å². The van der Waals surface area contributed by atoms with Gasteiger partial charge in [-0.15, -0.1) is 0 Å². The average Bonchev–Trinajstić information content (AvgIpc) is 2.80. The van der Waals surface area contributed by atoms with Crippen LogP contribution in [0.1, 0.15) is 38.3 Å². The van der Waals surface area contributed by atoms with Crippen molar-refractivity contribution in [2.24, 2.45) is 5.16 Å². The minimum absolute atomic E-state index is 1.02. The summed E-state index contributed by atoms with van der Waals surface area (Å²) in [5.74, 6) is 0. The first-order valence-electron chi connectivity index (χ1n) is 7.58. The molecule has 0 atom stereocenters. The van der Waals surface area contributed by atoms with Crippen LogP contribution in [0.15, 0.2) is 58.3 Å². The number of nitrogens with zero attached hydrogens (tertiary/aromatic N) is 1. The minimum atomic E-state index is 1.02. The Hall–Kier alpha value is -2.35. The molecule has 0 fully saturated rings. The van der Waals surface area contributed by atoms with E-state index in [2.05, 4.69) is 62.3 Å². The third-order valence-corrected chi connectivity index (χ3v) is 4.68. The maximum atomic E-state index is 4.92. The Morgan fingerprint density at radius 1 is 1.00 bits per heavy atom. The lowest BCUT2D eigenvalue weighted by Crippen LogP contribution is -1.96. The van der Waals surface area contributed by atoms with Crippen LogP contribution in [0.5, 0.6) is 0 Å². The number of benzene rings is 2. The zero-order valence-corrected chi connectivity index (χ0v) is 13.6. The van der Waals surface area contributed by atoms with Crippen molar-refractivity contribution in [2.45, 2.75) is 27.2 Å². The van der Waals surface area contributed by atoms with Crippen molar-refractivity contribution in [3.63, 3.8) is 0 Å². The van der Waals surface area contributed by atoms with Crippen LogP contribution in [0, 0.1) is 0 Å². The van der Waals surface area contributed by atoms with Crippen molar-refractivity contribution in [2.75, 3.05) is 7.11 Å². The molecule has 0 aromatic heterocycles. The second-order valence-corrected chi connectivity index (χ2v) is 5.85. The third-order valence-electron chi connectivity index (χ3n) is 4.68. The van der Waals surface area contributed by atoms with E-state index in [-0.39, 0.29) is 0 Å². The summed E-state index contributed by atoms with van der Waals surface area (Å²) in [5, 5.41) is 6.46. The maximum Gasteiger partial charge on any atom is 0.106 e. The van der Waals surface area contributed by atoms with Gasteiger partial charge in [-0.2, -0.15) is 0 Å². The SMILES string of the molecule is CON=Cc1c(C2=C(C)C(C)=C(C)C2)ccc2ccccc12. The van der Waals surface area contributed by atoms with E-state index in [1.54, 1.807) is 7.11 Å². The Kier molecular flexibility index (Phi) is 3.84. The fourth-order valence-corrected chi connectivity index (χ4v) is 3.18. The molecule has 0 saturated carbocycles. The molecular weight excluding hydrogens is 270 g/mol. The first kappa shape index (κ1) is 14.6. The molecule has 0 bridgehead atoms. The lowest BCUT2D eigenvalue weighted by molar-refractivity contribution is 0.215. The van der Waals surface area contributed by atoms with Crippen LogP contribution in [0.3, 0.4) is 0 Å². The zero-order valence-electron chi connectivity index (χ0n) is 13.6. The molecule has 0 spiro atoms. The standard InChI is InChI=1S/C20H21NO/c1-13-11-19(15(3)14(13)2)18-10-9-16-7-5-6-8-17(16)20(18)12-21-22-4/h5-10,12H,11H2,1-4H3. The molecule has 3 rings (SSSR count). The van der Waals surface area contributed by atoms with Crippen LogP contribution in [-0.2, 0) is 4.84 Å². The fourth-order valence-electron chi connectivity index (χ4n) is 3.18. The summed E-state index contributed by atoms with van der Waals surface area (Å²) in [6, 6.07) is 12.8. The highest BCUT2D eigenvalue weighted by Gasteiger charge is 2.19. The summed E-state index contributed by atoms with van der Waals surface area (Å²) in [5.41, 5.74) is 8.05. The number of rotatable bonds is 3. The molecule has 112 valence electrons. The van der Waals surface area contributed by atoms with Gasteiger partial charge in [0.25, 0.3) is 0 Å². The van der Waals surface area contributed by atoms with Crippen molar-refractivity contribution < 1.29 is 4.84 Å². The van der Waals surface area contributed by atoms with Crippen LogP contribution < -0.4 is 0 Å². The number of oxime groups is 1. The maximum absolute atomic E-state index is 4.92. The van der Waals surface area contributed by atoms with Crippen molar-refractivity contribution in [3.05, 3.63) is 64.2 Å². The van der Waals surface area contributed by atoms with E-state index in [1.165, 1.54) is 38.6 Å². The van der Waals surface area contributed by atoms with Crippen LogP contribution in [0.4, 0.5) is 0 Å². The Morgan fingerprint density at radius 3 is 2.45 bits per heavy atom. The first-order valence-corrected chi connectivity index (χ1v) is 7.58. The largest absolute Gasteiger partial charge is 0.399 e. The van der Waals surface area contributed by atoms with Gasteiger partial charge in [0.2, 0.25) is 0 Å². The van der Waals surface area contributed by atoms with Crippen molar-refractivity contribution in [3.8, 4) is 0 Å². The molecule has 0 amide bonds. The number of fused-ring (bicyclic) bond motifs is 1. The van der Waals surface area contributed by atoms with Crippen molar-refractivity contribution >= 4 is 22.6 Å². The lowest BCUT2D eigenvalue weighted by atomic mass is 9.92. The van der Waals surface area contributed by atoms with Crippen LogP contribution in [-0.4, -0.2) is 13.3 Å². The number of hydrogen-bond donors (Lipinski definition) is 0. The summed E-state index contributed by atoms with van der Waals surface area (Å²) in [7, 11) is 1.58. The Labute approximate surface area is 131 Å². The topological polar surface area (TPSA) is 21.6 Å². The van der Waals surface area contributed by atoms with Crippen LogP contribution in [0.2, 0.25) is 0 Å². The van der Waals surface area contributed by atoms with Crippen LogP contribution >= 0.6 is 0 Å². The number of allylic oxidation sites excluding steroid dienone is 4. The second-order valence-electron chi connectivity index (χ2n) is 5.85. The van der Waals surface area contributed by atoms with E-state index in [9.17, 15) is 0 Å². The van der Waals surface area contributed by atoms with Crippen molar-refractivity contribution in [1.82, 2.24) is 0 Å². The van der Waals surface area contributed by atoms with E-state index in [1.807, 2.05) is 6.21 Å². The molecule has 1 aliphatic rings. The van der Waals surface area contributed by atoms with Gasteiger partial charge in [-0.1, -0.05) is 47.1 Å². The highest BCUT2D eigenvalue weighted by atomic mass is 16.6. The molecule has 0 saturated heterocycles. The molecule has 2 aromatic rings. The fraction of sp³-hybridized carbons (Fsp3) is 0.250. The van der Waals surface area contributed by atoms with E-state index in [0.29, 0.717) is 0 Å². The van der Waals surface area contributed by atoms with Crippen LogP contribution in [0.25, 0.3) is 16.3 Å². The second kappa shape index (κ2) is 5.80.